The van der Waals surface area contributed by atoms with Crippen LogP contribution in [0.4, 0.5) is 5.69 Å². The molecule has 0 atom stereocenters. The molecule has 0 saturated carbocycles. The molecule has 2 aromatic rings. The molecule has 1 heterocycles. The Morgan fingerprint density at radius 3 is 2.37 bits per heavy atom. The second-order valence-electron chi connectivity index (χ2n) is 5.09. The van der Waals surface area contributed by atoms with E-state index in [2.05, 4.69) is 16.4 Å². The minimum Gasteiger partial charge on any atom is -0.388 e. The number of carbonyl (C=O) groups excluding carboxylic acids is 1. The van der Waals surface area contributed by atoms with Gasteiger partial charge in [-0.05, 0) is 48.7 Å². The highest BCUT2D eigenvalue weighted by molar-refractivity contribution is 5.76. The molecule has 0 aliphatic rings. The van der Waals surface area contributed by atoms with Gasteiger partial charge in [-0.3, -0.25) is 4.98 Å². The fraction of sp³-hybridized carbons (Fsp3) is 0.250. The maximum atomic E-state index is 11.2. The van der Waals surface area contributed by atoms with Crippen LogP contribution >= 0.6 is 0 Å². The fourth-order valence-electron chi connectivity index (χ4n) is 2.10. The molecule has 0 aliphatic carbocycles. The van der Waals surface area contributed by atoms with Crippen molar-refractivity contribution in [2.45, 2.75) is 19.3 Å². The summed E-state index contributed by atoms with van der Waals surface area (Å²) in [5.74, 6) is 0. The van der Waals surface area contributed by atoms with Crippen LogP contribution in [0.15, 0.2) is 42.7 Å². The van der Waals surface area contributed by atoms with Gasteiger partial charge < -0.3 is 10.1 Å². The smallest absolute Gasteiger partial charge is 0.130 e. The molecule has 0 spiro atoms. The summed E-state index contributed by atoms with van der Waals surface area (Å²) in [6.45, 7) is 3.84. The molecule has 0 unspecified atom stereocenters. The zero-order valence-electron chi connectivity index (χ0n) is 11.5. The lowest BCUT2D eigenvalue weighted by molar-refractivity contribution is -0.111. The van der Waals surface area contributed by atoms with Gasteiger partial charge >= 0.3 is 0 Å². The summed E-state index contributed by atoms with van der Waals surface area (Å²) in [4.78, 5) is 15.2. The lowest BCUT2D eigenvalue weighted by Crippen LogP contribution is -2.20. The Morgan fingerprint density at radius 1 is 1.11 bits per heavy atom. The largest absolute Gasteiger partial charge is 0.388 e. The van der Waals surface area contributed by atoms with Gasteiger partial charge in [-0.1, -0.05) is 12.1 Å². The summed E-state index contributed by atoms with van der Waals surface area (Å²) in [6.07, 6.45) is 4.53. The molecular weight excluding hydrogens is 236 g/mol. The van der Waals surface area contributed by atoms with Crippen molar-refractivity contribution in [3.8, 4) is 11.1 Å². The molecule has 0 fully saturated rings. The summed E-state index contributed by atoms with van der Waals surface area (Å²) in [5, 5.41) is 3.17. The first-order valence-corrected chi connectivity index (χ1v) is 6.27. The number of anilines is 1. The Hall–Kier alpha value is -2.16. The number of nitrogens with zero attached hydrogens (tertiary/aromatic N) is 1. The van der Waals surface area contributed by atoms with Crippen LogP contribution in [0, 0.1) is 0 Å². The maximum Gasteiger partial charge on any atom is 0.130 e. The fourth-order valence-corrected chi connectivity index (χ4v) is 2.10. The van der Waals surface area contributed by atoms with Gasteiger partial charge in [0.15, 0.2) is 0 Å². The molecule has 1 aromatic heterocycles. The van der Waals surface area contributed by atoms with Gasteiger partial charge in [0.25, 0.3) is 0 Å². The van der Waals surface area contributed by atoms with Crippen LogP contribution in [0.5, 0.6) is 0 Å². The second kappa shape index (κ2) is 5.22. The van der Waals surface area contributed by atoms with Gasteiger partial charge in [0, 0.05) is 30.5 Å². The van der Waals surface area contributed by atoms with Crippen LogP contribution in [0.1, 0.15) is 19.4 Å². The predicted octanol–water partition coefficient (Wildman–Crippen LogP) is 3.27. The number of rotatable bonds is 4. The molecule has 0 aliphatic heterocycles. The topological polar surface area (TPSA) is 42.0 Å². The third-order valence-corrected chi connectivity index (χ3v) is 3.29. The highest BCUT2D eigenvalue weighted by Crippen LogP contribution is 2.32. The third kappa shape index (κ3) is 2.65. The number of carbonyl (C=O) groups is 1. The predicted molar refractivity (Wildman–Crippen MR) is 78.3 cm³/mol. The van der Waals surface area contributed by atoms with Crippen molar-refractivity contribution in [2.24, 2.45) is 0 Å². The first-order chi connectivity index (χ1) is 9.08. The van der Waals surface area contributed by atoms with E-state index in [9.17, 15) is 4.79 Å². The number of benzene rings is 1. The Balaban J connectivity index is 2.51. The van der Waals surface area contributed by atoms with E-state index in [4.69, 9.17) is 0 Å². The number of hydrogen-bond donors (Lipinski definition) is 1. The van der Waals surface area contributed by atoms with Crippen LogP contribution in [-0.4, -0.2) is 18.3 Å². The average molecular weight is 254 g/mol. The number of nitrogens with one attached hydrogen (secondary N) is 1. The van der Waals surface area contributed by atoms with Crippen LogP contribution in [0.25, 0.3) is 11.1 Å². The first kappa shape index (κ1) is 13.3. The van der Waals surface area contributed by atoms with E-state index in [0.29, 0.717) is 0 Å². The summed E-state index contributed by atoms with van der Waals surface area (Å²) >= 11 is 0. The molecule has 1 aromatic carbocycles. The van der Waals surface area contributed by atoms with E-state index in [1.165, 1.54) is 0 Å². The van der Waals surface area contributed by atoms with E-state index >= 15 is 0 Å². The standard InChI is InChI=1S/C16H18N2O/c1-16(2,11-19)14-5-4-13(10-15(14)17-3)12-6-8-18-9-7-12/h4-11,17H,1-3H3. The first-order valence-electron chi connectivity index (χ1n) is 6.27. The van der Waals surface area contributed by atoms with Gasteiger partial charge in [0.2, 0.25) is 0 Å². The minimum atomic E-state index is -0.491. The minimum absolute atomic E-state index is 0.491. The zero-order valence-corrected chi connectivity index (χ0v) is 11.5. The summed E-state index contributed by atoms with van der Waals surface area (Å²) < 4.78 is 0. The van der Waals surface area contributed by atoms with Crippen molar-refractivity contribution in [2.75, 3.05) is 12.4 Å². The molecule has 0 saturated heterocycles. The van der Waals surface area contributed by atoms with Crippen LogP contribution in [-0.2, 0) is 10.2 Å². The van der Waals surface area contributed by atoms with Crippen molar-refractivity contribution in [3.63, 3.8) is 0 Å². The highest BCUT2D eigenvalue weighted by Gasteiger charge is 2.22. The molecular formula is C16H18N2O. The monoisotopic (exact) mass is 254 g/mol. The Bertz CT molecular complexity index is 577. The van der Waals surface area contributed by atoms with Gasteiger partial charge in [0.05, 0.1) is 0 Å². The summed E-state index contributed by atoms with van der Waals surface area (Å²) in [5.41, 5.74) is 3.71. The SMILES string of the molecule is CNc1cc(-c2ccncc2)ccc1C(C)(C)C=O. The van der Waals surface area contributed by atoms with Crippen molar-refractivity contribution >= 4 is 12.0 Å². The lowest BCUT2D eigenvalue weighted by Gasteiger charge is -2.22. The average Bonchev–Trinajstić information content (AvgIpc) is 2.47. The molecule has 0 radical (unpaired) electrons. The van der Waals surface area contributed by atoms with Gasteiger partial charge in [0.1, 0.15) is 6.29 Å². The number of hydrogen-bond acceptors (Lipinski definition) is 3. The van der Waals surface area contributed by atoms with Crippen molar-refractivity contribution in [1.29, 1.82) is 0 Å². The number of aromatic nitrogens is 1. The van der Waals surface area contributed by atoms with Gasteiger partial charge in [-0.15, -0.1) is 0 Å². The van der Waals surface area contributed by atoms with E-state index in [0.717, 1.165) is 28.7 Å². The quantitative estimate of drug-likeness (QED) is 0.851. The molecule has 1 N–H and O–H groups in total. The van der Waals surface area contributed by atoms with Crippen molar-refractivity contribution in [1.82, 2.24) is 4.98 Å². The Morgan fingerprint density at radius 2 is 1.79 bits per heavy atom. The highest BCUT2D eigenvalue weighted by atomic mass is 16.1. The van der Waals surface area contributed by atoms with Crippen LogP contribution in [0.2, 0.25) is 0 Å². The molecule has 98 valence electrons. The van der Waals surface area contributed by atoms with E-state index in [1.54, 1.807) is 12.4 Å². The number of aldehydes is 1. The molecule has 0 bridgehead atoms. The molecule has 3 nitrogen and oxygen atoms in total. The lowest BCUT2D eigenvalue weighted by atomic mass is 9.84. The third-order valence-electron chi connectivity index (χ3n) is 3.29. The Labute approximate surface area is 113 Å². The molecule has 19 heavy (non-hydrogen) atoms. The maximum absolute atomic E-state index is 11.2. The van der Waals surface area contributed by atoms with Crippen LogP contribution in [0.3, 0.4) is 0 Å². The van der Waals surface area contributed by atoms with Crippen LogP contribution < -0.4 is 5.32 Å². The molecule has 2 rings (SSSR count). The van der Waals surface area contributed by atoms with E-state index < -0.39 is 5.41 Å². The normalized spacial score (nSPS) is 11.1. The second-order valence-corrected chi connectivity index (χ2v) is 5.09. The molecule has 0 amide bonds. The number of pyridine rings is 1. The molecule has 3 heteroatoms. The van der Waals surface area contributed by atoms with Gasteiger partial charge in [-0.25, -0.2) is 0 Å². The van der Waals surface area contributed by atoms with Crippen molar-refractivity contribution in [3.05, 3.63) is 48.3 Å². The van der Waals surface area contributed by atoms with Gasteiger partial charge in [-0.2, -0.15) is 0 Å². The Kier molecular flexibility index (Phi) is 3.65. The summed E-state index contributed by atoms with van der Waals surface area (Å²) in [7, 11) is 1.87. The summed E-state index contributed by atoms with van der Waals surface area (Å²) in [6, 6.07) is 10.1. The van der Waals surface area contributed by atoms with E-state index in [1.807, 2.05) is 45.2 Å². The zero-order chi connectivity index (χ0) is 13.9. The van der Waals surface area contributed by atoms with Crippen molar-refractivity contribution < 1.29 is 4.79 Å². The van der Waals surface area contributed by atoms with E-state index in [-0.39, 0.29) is 0 Å².